The van der Waals surface area contributed by atoms with Gasteiger partial charge in [-0.25, -0.2) is 0 Å². The highest BCUT2D eigenvalue weighted by molar-refractivity contribution is 4.91. The Bertz CT molecular complexity index is 147. The predicted octanol–water partition coefficient (Wildman–Crippen LogP) is 0.178. The molecule has 0 aromatic rings. The first kappa shape index (κ1) is 9.71. The number of rotatable bonds is 4. The van der Waals surface area contributed by atoms with Crippen molar-refractivity contribution in [3.05, 3.63) is 12.7 Å². The minimum absolute atomic E-state index is 0.0374. The van der Waals surface area contributed by atoms with E-state index in [0.717, 1.165) is 6.42 Å². The normalized spacial score (nSPS) is 31.8. The second kappa shape index (κ2) is 4.60. The van der Waals surface area contributed by atoms with Crippen LogP contribution in [0.15, 0.2) is 12.7 Å². The lowest BCUT2D eigenvalue weighted by atomic mass is 9.92. The summed E-state index contributed by atoms with van der Waals surface area (Å²) >= 11 is 0. The summed E-state index contributed by atoms with van der Waals surface area (Å²) in [4.78, 5) is 0. The molecule has 1 rings (SSSR count). The van der Waals surface area contributed by atoms with Crippen molar-refractivity contribution in [2.45, 2.75) is 12.5 Å². The Balaban J connectivity index is 2.52. The van der Waals surface area contributed by atoms with Crippen LogP contribution in [0.3, 0.4) is 0 Å². The molecular formula is C9H16O3. The smallest absolute Gasteiger partial charge is 0.0710 e. The summed E-state index contributed by atoms with van der Waals surface area (Å²) in [6.45, 7) is 4.48. The summed E-state index contributed by atoms with van der Waals surface area (Å²) in [5.74, 6) is 0.129. The van der Waals surface area contributed by atoms with E-state index in [1.807, 2.05) is 0 Å². The second-order valence-corrected chi connectivity index (χ2v) is 3.15. The SMILES string of the molecule is C=CC(CO)[C@@H]1OCC[C@H]1CO. The van der Waals surface area contributed by atoms with Crippen LogP contribution in [0, 0.1) is 11.8 Å². The van der Waals surface area contributed by atoms with Gasteiger partial charge in [-0.1, -0.05) is 6.08 Å². The molecule has 1 aliphatic heterocycles. The second-order valence-electron chi connectivity index (χ2n) is 3.15. The van der Waals surface area contributed by atoms with E-state index >= 15 is 0 Å². The van der Waals surface area contributed by atoms with Crippen molar-refractivity contribution in [3.63, 3.8) is 0 Å². The van der Waals surface area contributed by atoms with Gasteiger partial charge in [0.15, 0.2) is 0 Å². The zero-order valence-electron chi connectivity index (χ0n) is 7.15. The van der Waals surface area contributed by atoms with Gasteiger partial charge in [-0.15, -0.1) is 6.58 Å². The maximum absolute atomic E-state index is 8.98. The maximum atomic E-state index is 8.98. The molecule has 0 radical (unpaired) electrons. The van der Waals surface area contributed by atoms with Gasteiger partial charge < -0.3 is 14.9 Å². The lowest BCUT2D eigenvalue weighted by Gasteiger charge is -2.22. The largest absolute Gasteiger partial charge is 0.396 e. The lowest BCUT2D eigenvalue weighted by molar-refractivity contribution is 0.0233. The monoisotopic (exact) mass is 172 g/mol. The highest BCUT2D eigenvalue weighted by Crippen LogP contribution is 2.26. The first-order valence-corrected chi connectivity index (χ1v) is 4.29. The molecule has 1 heterocycles. The molecule has 2 N–H and O–H groups in total. The Morgan fingerprint density at radius 1 is 1.58 bits per heavy atom. The minimum atomic E-state index is -0.0440. The Kier molecular flexibility index (Phi) is 3.72. The molecular weight excluding hydrogens is 156 g/mol. The zero-order chi connectivity index (χ0) is 8.97. The molecule has 1 aliphatic rings. The maximum Gasteiger partial charge on any atom is 0.0710 e. The van der Waals surface area contributed by atoms with Gasteiger partial charge >= 0.3 is 0 Å². The molecule has 0 aromatic heterocycles. The highest BCUT2D eigenvalue weighted by atomic mass is 16.5. The molecule has 0 aromatic carbocycles. The third-order valence-electron chi connectivity index (χ3n) is 2.43. The summed E-state index contributed by atoms with van der Waals surface area (Å²) in [6.07, 6.45) is 2.53. The van der Waals surface area contributed by atoms with Gasteiger partial charge in [-0.05, 0) is 6.42 Å². The van der Waals surface area contributed by atoms with Crippen molar-refractivity contribution in [2.24, 2.45) is 11.8 Å². The molecule has 0 saturated carbocycles. The molecule has 12 heavy (non-hydrogen) atoms. The fourth-order valence-electron chi connectivity index (χ4n) is 1.64. The Morgan fingerprint density at radius 3 is 2.83 bits per heavy atom. The van der Waals surface area contributed by atoms with Crippen molar-refractivity contribution in [2.75, 3.05) is 19.8 Å². The van der Waals surface area contributed by atoms with Crippen LogP contribution in [0.1, 0.15) is 6.42 Å². The van der Waals surface area contributed by atoms with Crippen LogP contribution in [-0.2, 0) is 4.74 Å². The molecule has 0 aliphatic carbocycles. The van der Waals surface area contributed by atoms with Crippen molar-refractivity contribution in [3.8, 4) is 0 Å². The third kappa shape index (κ3) is 1.86. The van der Waals surface area contributed by atoms with Gasteiger partial charge in [0.1, 0.15) is 0 Å². The first-order valence-electron chi connectivity index (χ1n) is 4.29. The Labute approximate surface area is 72.7 Å². The van der Waals surface area contributed by atoms with Gasteiger partial charge in [0, 0.05) is 25.0 Å². The van der Waals surface area contributed by atoms with Crippen molar-refractivity contribution >= 4 is 0 Å². The van der Waals surface area contributed by atoms with E-state index in [9.17, 15) is 0 Å². The standard InChI is InChI=1S/C9H16O3/c1-2-7(5-10)9-8(6-11)3-4-12-9/h2,7-11H,1,3-6H2/t7?,8-,9-/m0/s1. The van der Waals surface area contributed by atoms with Gasteiger partial charge in [0.25, 0.3) is 0 Å². The number of ether oxygens (including phenoxy) is 1. The van der Waals surface area contributed by atoms with Crippen LogP contribution in [0.4, 0.5) is 0 Å². The number of hydrogen-bond donors (Lipinski definition) is 2. The van der Waals surface area contributed by atoms with Crippen LogP contribution >= 0.6 is 0 Å². The van der Waals surface area contributed by atoms with Crippen molar-refractivity contribution < 1.29 is 14.9 Å². The van der Waals surface area contributed by atoms with Crippen molar-refractivity contribution in [1.82, 2.24) is 0 Å². The fraction of sp³-hybridized carbons (Fsp3) is 0.778. The molecule has 1 unspecified atom stereocenters. The third-order valence-corrected chi connectivity index (χ3v) is 2.43. The first-order chi connectivity index (χ1) is 5.83. The molecule has 0 amide bonds. The summed E-state index contributed by atoms with van der Waals surface area (Å²) in [6, 6.07) is 0. The highest BCUT2D eigenvalue weighted by Gasteiger charge is 2.32. The van der Waals surface area contributed by atoms with E-state index in [1.165, 1.54) is 0 Å². The molecule has 1 fully saturated rings. The Morgan fingerprint density at radius 2 is 2.33 bits per heavy atom. The number of aliphatic hydroxyl groups is 2. The summed E-state index contributed by atoms with van der Waals surface area (Å²) < 4.78 is 5.41. The van der Waals surface area contributed by atoms with E-state index in [0.29, 0.717) is 6.61 Å². The van der Waals surface area contributed by atoms with Crippen LogP contribution < -0.4 is 0 Å². The molecule has 3 nitrogen and oxygen atoms in total. The number of hydrogen-bond acceptors (Lipinski definition) is 3. The zero-order valence-corrected chi connectivity index (χ0v) is 7.15. The summed E-state index contributed by atoms with van der Waals surface area (Å²) in [5, 5.41) is 17.9. The van der Waals surface area contributed by atoms with Gasteiger partial charge in [0.2, 0.25) is 0 Å². The van der Waals surface area contributed by atoms with Gasteiger partial charge in [-0.3, -0.25) is 0 Å². The quantitative estimate of drug-likeness (QED) is 0.595. The molecule has 1 saturated heterocycles. The molecule has 0 spiro atoms. The fourth-order valence-corrected chi connectivity index (χ4v) is 1.64. The predicted molar refractivity (Wildman–Crippen MR) is 45.7 cm³/mol. The van der Waals surface area contributed by atoms with Gasteiger partial charge in [0.05, 0.1) is 12.7 Å². The van der Waals surface area contributed by atoms with Crippen molar-refractivity contribution in [1.29, 1.82) is 0 Å². The minimum Gasteiger partial charge on any atom is -0.396 e. The van der Waals surface area contributed by atoms with Crippen LogP contribution in [0.5, 0.6) is 0 Å². The van der Waals surface area contributed by atoms with Crippen LogP contribution in [0.2, 0.25) is 0 Å². The van der Waals surface area contributed by atoms with E-state index in [2.05, 4.69) is 6.58 Å². The summed E-state index contributed by atoms with van der Waals surface area (Å²) in [7, 11) is 0. The van der Waals surface area contributed by atoms with E-state index in [1.54, 1.807) is 6.08 Å². The topological polar surface area (TPSA) is 49.7 Å². The van der Waals surface area contributed by atoms with E-state index < -0.39 is 0 Å². The number of aliphatic hydroxyl groups excluding tert-OH is 2. The van der Waals surface area contributed by atoms with E-state index in [-0.39, 0.29) is 31.2 Å². The Hall–Kier alpha value is -0.380. The molecule has 3 heteroatoms. The van der Waals surface area contributed by atoms with Crippen LogP contribution in [-0.4, -0.2) is 36.1 Å². The lowest BCUT2D eigenvalue weighted by Crippen LogP contribution is -2.29. The molecule has 70 valence electrons. The van der Waals surface area contributed by atoms with Gasteiger partial charge in [-0.2, -0.15) is 0 Å². The average Bonchev–Trinajstić information content (AvgIpc) is 2.55. The average molecular weight is 172 g/mol. The molecule has 3 atom stereocenters. The molecule has 0 bridgehead atoms. The van der Waals surface area contributed by atoms with Crippen LogP contribution in [0.25, 0.3) is 0 Å². The summed E-state index contributed by atoms with van der Waals surface area (Å²) in [5.41, 5.74) is 0. The van der Waals surface area contributed by atoms with E-state index in [4.69, 9.17) is 14.9 Å².